The normalized spacial score (nSPS) is 11.2. The van der Waals surface area contributed by atoms with Gasteiger partial charge in [0, 0.05) is 35.1 Å². The lowest BCUT2D eigenvalue weighted by Gasteiger charge is -2.08. The number of aryl methyl sites for hydroxylation is 1. The smallest absolute Gasteiger partial charge is 0.258 e. The van der Waals surface area contributed by atoms with Crippen molar-refractivity contribution in [3.8, 4) is 11.4 Å². The summed E-state index contributed by atoms with van der Waals surface area (Å²) < 4.78 is 3.60. The summed E-state index contributed by atoms with van der Waals surface area (Å²) in [5, 5.41) is 10.1. The van der Waals surface area contributed by atoms with E-state index in [9.17, 15) is 4.79 Å². The third kappa shape index (κ3) is 3.68. The summed E-state index contributed by atoms with van der Waals surface area (Å²) in [6.07, 6.45) is 1.75. The van der Waals surface area contributed by atoms with Crippen LogP contribution in [0, 0.1) is 6.92 Å². The summed E-state index contributed by atoms with van der Waals surface area (Å²) in [5.74, 6) is 1.34. The van der Waals surface area contributed by atoms with Gasteiger partial charge in [0.25, 0.3) is 5.56 Å². The van der Waals surface area contributed by atoms with E-state index in [1.54, 1.807) is 16.7 Å². The summed E-state index contributed by atoms with van der Waals surface area (Å²) in [6, 6.07) is 12.9. The molecule has 0 N–H and O–H groups in total. The maximum absolute atomic E-state index is 12.3. The predicted octanol–water partition coefficient (Wildman–Crippen LogP) is 4.23. The third-order valence-electron chi connectivity index (χ3n) is 4.36. The van der Waals surface area contributed by atoms with Crippen LogP contribution >= 0.6 is 23.4 Å². The van der Waals surface area contributed by atoms with Gasteiger partial charge in [0.15, 0.2) is 11.0 Å². The molecule has 0 spiro atoms. The number of halogens is 1. The van der Waals surface area contributed by atoms with Crippen molar-refractivity contribution in [2.45, 2.75) is 31.3 Å². The lowest BCUT2D eigenvalue weighted by atomic mass is 10.2. The Morgan fingerprint density at radius 2 is 1.89 bits per heavy atom. The molecule has 0 bridgehead atoms. The zero-order chi connectivity index (χ0) is 19.7. The van der Waals surface area contributed by atoms with Crippen LogP contribution in [0.3, 0.4) is 0 Å². The second-order valence-corrected chi connectivity index (χ2v) is 7.74. The highest BCUT2D eigenvalue weighted by molar-refractivity contribution is 7.98. The van der Waals surface area contributed by atoms with E-state index in [4.69, 9.17) is 11.6 Å². The minimum atomic E-state index is -0.0839. The van der Waals surface area contributed by atoms with Crippen molar-refractivity contribution in [3.05, 3.63) is 75.3 Å². The molecule has 4 rings (SSSR count). The first-order valence-electron chi connectivity index (χ1n) is 8.86. The van der Waals surface area contributed by atoms with Gasteiger partial charge in [-0.15, -0.1) is 10.2 Å². The maximum atomic E-state index is 12.3. The number of rotatable bonds is 5. The molecule has 0 aliphatic carbocycles. The van der Waals surface area contributed by atoms with E-state index >= 15 is 0 Å². The van der Waals surface area contributed by atoms with Gasteiger partial charge in [-0.3, -0.25) is 9.20 Å². The number of thioether (sulfide) groups is 1. The number of aromatic nitrogens is 5. The van der Waals surface area contributed by atoms with Gasteiger partial charge < -0.3 is 4.57 Å². The molecule has 0 radical (unpaired) electrons. The molecule has 28 heavy (non-hydrogen) atoms. The van der Waals surface area contributed by atoms with Crippen LogP contribution in [0.4, 0.5) is 0 Å². The standard InChI is InChI=1S/C20H18ClN5OS/c1-3-25-19(14-4-6-15(21)7-5-14)23-24-20(25)28-12-16-11-18(27)26-9-8-13(2)10-17(26)22-16/h4-11H,3,12H2,1-2H3. The largest absolute Gasteiger partial charge is 0.302 e. The lowest BCUT2D eigenvalue weighted by molar-refractivity contribution is 0.687. The number of hydrogen-bond donors (Lipinski definition) is 0. The minimum Gasteiger partial charge on any atom is -0.302 e. The molecule has 0 saturated heterocycles. The fraction of sp³-hybridized carbons (Fsp3) is 0.200. The van der Waals surface area contributed by atoms with Gasteiger partial charge in [0.1, 0.15) is 5.65 Å². The fourth-order valence-corrected chi connectivity index (χ4v) is 3.98. The number of fused-ring (bicyclic) bond motifs is 1. The SMILES string of the molecule is CCn1c(SCc2cc(=O)n3ccc(C)cc3n2)nnc1-c1ccc(Cl)cc1. The van der Waals surface area contributed by atoms with Crippen molar-refractivity contribution in [2.75, 3.05) is 0 Å². The molecule has 4 aromatic rings. The van der Waals surface area contributed by atoms with Gasteiger partial charge >= 0.3 is 0 Å². The molecular formula is C20H18ClN5OS. The van der Waals surface area contributed by atoms with Gasteiger partial charge in [0.05, 0.1) is 5.69 Å². The summed E-state index contributed by atoms with van der Waals surface area (Å²) >= 11 is 7.50. The molecule has 0 amide bonds. The van der Waals surface area contributed by atoms with Crippen LogP contribution in [0.1, 0.15) is 18.2 Å². The zero-order valence-corrected chi connectivity index (χ0v) is 17.0. The van der Waals surface area contributed by atoms with Crippen molar-refractivity contribution in [1.29, 1.82) is 0 Å². The Bertz CT molecular complexity index is 1200. The minimum absolute atomic E-state index is 0.0839. The first-order valence-corrected chi connectivity index (χ1v) is 10.2. The molecular weight excluding hydrogens is 394 g/mol. The van der Waals surface area contributed by atoms with Crippen LogP contribution in [0.15, 0.2) is 58.6 Å². The molecule has 0 aliphatic rings. The van der Waals surface area contributed by atoms with Gasteiger partial charge in [-0.25, -0.2) is 4.98 Å². The van der Waals surface area contributed by atoms with Crippen LogP contribution in [0.2, 0.25) is 5.02 Å². The van der Waals surface area contributed by atoms with Crippen molar-refractivity contribution in [3.63, 3.8) is 0 Å². The van der Waals surface area contributed by atoms with Gasteiger partial charge in [-0.2, -0.15) is 0 Å². The number of hydrogen-bond acceptors (Lipinski definition) is 5. The molecule has 8 heteroatoms. The molecule has 6 nitrogen and oxygen atoms in total. The fourth-order valence-electron chi connectivity index (χ4n) is 2.96. The topological polar surface area (TPSA) is 65.1 Å². The molecule has 0 unspecified atom stereocenters. The van der Waals surface area contributed by atoms with Crippen molar-refractivity contribution in [2.24, 2.45) is 0 Å². The molecule has 0 atom stereocenters. The lowest BCUT2D eigenvalue weighted by Crippen LogP contribution is -2.15. The number of pyridine rings is 1. The Labute approximate surface area is 171 Å². The Morgan fingerprint density at radius 3 is 2.64 bits per heavy atom. The van der Waals surface area contributed by atoms with Crippen LogP contribution < -0.4 is 5.56 Å². The highest BCUT2D eigenvalue weighted by atomic mass is 35.5. The summed E-state index contributed by atoms with van der Waals surface area (Å²) in [4.78, 5) is 16.9. The second kappa shape index (κ2) is 7.77. The van der Waals surface area contributed by atoms with Crippen molar-refractivity contribution < 1.29 is 0 Å². The van der Waals surface area contributed by atoms with Crippen molar-refractivity contribution >= 4 is 29.0 Å². The van der Waals surface area contributed by atoms with Crippen LogP contribution in [0.25, 0.3) is 17.0 Å². The quantitative estimate of drug-likeness (QED) is 0.460. The highest BCUT2D eigenvalue weighted by Gasteiger charge is 2.14. The first kappa shape index (κ1) is 18.7. The maximum Gasteiger partial charge on any atom is 0.258 e. The second-order valence-electron chi connectivity index (χ2n) is 6.36. The van der Waals surface area contributed by atoms with Crippen LogP contribution in [-0.2, 0) is 12.3 Å². The molecule has 142 valence electrons. The third-order valence-corrected chi connectivity index (χ3v) is 5.61. The van der Waals surface area contributed by atoms with E-state index < -0.39 is 0 Å². The van der Waals surface area contributed by atoms with Gasteiger partial charge in [-0.05, 0) is 55.8 Å². The number of benzene rings is 1. The van der Waals surface area contributed by atoms with E-state index in [0.717, 1.165) is 34.3 Å². The molecule has 1 aromatic carbocycles. The molecule has 3 aromatic heterocycles. The first-order chi connectivity index (χ1) is 13.5. The molecule has 3 heterocycles. The van der Waals surface area contributed by atoms with Crippen LogP contribution in [0.5, 0.6) is 0 Å². The summed E-state index contributed by atoms with van der Waals surface area (Å²) in [5.41, 5.74) is 3.32. The summed E-state index contributed by atoms with van der Waals surface area (Å²) in [7, 11) is 0. The van der Waals surface area contributed by atoms with E-state index in [-0.39, 0.29) is 5.56 Å². The van der Waals surface area contributed by atoms with Gasteiger partial charge in [-0.1, -0.05) is 23.4 Å². The van der Waals surface area contributed by atoms with E-state index in [2.05, 4.69) is 22.1 Å². The zero-order valence-electron chi connectivity index (χ0n) is 15.5. The number of nitrogens with zero attached hydrogens (tertiary/aromatic N) is 5. The average Bonchev–Trinajstić information content (AvgIpc) is 3.09. The average molecular weight is 412 g/mol. The predicted molar refractivity (Wildman–Crippen MR) is 112 cm³/mol. The Hall–Kier alpha value is -2.64. The van der Waals surface area contributed by atoms with Crippen molar-refractivity contribution in [1.82, 2.24) is 24.1 Å². The van der Waals surface area contributed by atoms with E-state index in [1.807, 2.05) is 47.9 Å². The molecule has 0 saturated carbocycles. The Kier molecular flexibility index (Phi) is 5.19. The van der Waals surface area contributed by atoms with E-state index in [1.165, 1.54) is 11.8 Å². The van der Waals surface area contributed by atoms with Gasteiger partial charge in [0.2, 0.25) is 0 Å². The summed E-state index contributed by atoms with van der Waals surface area (Å²) in [6.45, 7) is 4.77. The highest BCUT2D eigenvalue weighted by Crippen LogP contribution is 2.26. The molecule has 0 fully saturated rings. The Morgan fingerprint density at radius 1 is 1.11 bits per heavy atom. The molecule has 0 aliphatic heterocycles. The van der Waals surface area contributed by atoms with E-state index in [0.29, 0.717) is 16.4 Å². The Balaban J connectivity index is 1.61. The monoisotopic (exact) mass is 411 g/mol. The van der Waals surface area contributed by atoms with Crippen LogP contribution in [-0.4, -0.2) is 24.1 Å².